The van der Waals surface area contributed by atoms with Crippen LogP contribution in [0, 0.1) is 12.0 Å². The lowest BCUT2D eigenvalue weighted by Crippen LogP contribution is -1.71. The molecular weight excluding hydrogens is 218 g/mol. The molecule has 2 nitrogen and oxygen atoms in total. The van der Waals surface area contributed by atoms with Gasteiger partial charge in [0.15, 0.2) is 0 Å². The largest absolute Gasteiger partial charge is 0.249 e. The molecule has 0 aliphatic carbocycles. The van der Waals surface area contributed by atoms with Crippen molar-refractivity contribution in [1.82, 2.24) is 0 Å². The van der Waals surface area contributed by atoms with Gasteiger partial charge in [0, 0.05) is 10.0 Å². The number of benzene rings is 1. The van der Waals surface area contributed by atoms with Gasteiger partial charge in [-0.25, -0.2) is 4.79 Å². The van der Waals surface area contributed by atoms with Crippen LogP contribution in [0.1, 0.15) is 5.56 Å². The maximum absolute atomic E-state index is 9.66. The van der Waals surface area contributed by atoms with Crippen LogP contribution in [-0.4, -0.2) is 6.08 Å². The minimum atomic E-state index is 0.809. The number of nitrogens with zero attached hydrogens (tertiary/aromatic N) is 1. The molecule has 0 aromatic heterocycles. The van der Waals surface area contributed by atoms with Gasteiger partial charge >= 0.3 is 0 Å². The van der Waals surface area contributed by atoms with Crippen LogP contribution in [0.4, 0.5) is 0 Å². The minimum absolute atomic E-state index is 0.809. The predicted molar refractivity (Wildman–Crippen MR) is 49.1 cm³/mol. The monoisotopic (exact) mass is 221 g/mol. The van der Waals surface area contributed by atoms with Crippen molar-refractivity contribution in [1.29, 1.82) is 0 Å². The van der Waals surface area contributed by atoms with Gasteiger partial charge in [-0.3, -0.25) is 0 Å². The van der Waals surface area contributed by atoms with E-state index in [1.165, 1.54) is 6.08 Å². The summed E-state index contributed by atoms with van der Waals surface area (Å²) in [6.07, 6.45) is 1.34. The fourth-order valence-electron chi connectivity index (χ4n) is 0.682. The molecule has 1 aromatic carbocycles. The maximum atomic E-state index is 9.66. The third-order valence-corrected chi connectivity index (χ3v) is 1.62. The Hall–Kier alpha value is -1.36. The molecule has 0 aliphatic heterocycles. The molecule has 0 bridgehead atoms. The molecule has 0 radical (unpaired) electrons. The summed E-state index contributed by atoms with van der Waals surface area (Å²) in [6, 6.07) is 9.74. The standard InChI is InChI=1S/C9H4BrNO/c10-9-3-1-2-8(6-9)4-5-11-7-12/h1-3,6H. The van der Waals surface area contributed by atoms with Crippen molar-refractivity contribution in [3.8, 4) is 12.0 Å². The molecule has 0 spiro atoms. The summed E-state index contributed by atoms with van der Waals surface area (Å²) in [7, 11) is 0. The van der Waals surface area contributed by atoms with Crippen LogP contribution in [0.5, 0.6) is 0 Å². The Labute approximate surface area is 78.4 Å². The Morgan fingerprint density at radius 2 is 2.25 bits per heavy atom. The second-order valence-electron chi connectivity index (χ2n) is 1.95. The van der Waals surface area contributed by atoms with E-state index in [2.05, 4.69) is 32.9 Å². The zero-order chi connectivity index (χ0) is 8.81. The highest BCUT2D eigenvalue weighted by atomic mass is 79.9. The lowest BCUT2D eigenvalue weighted by Gasteiger charge is -1.89. The third-order valence-electron chi connectivity index (χ3n) is 1.13. The molecule has 0 amide bonds. The van der Waals surface area contributed by atoms with Crippen molar-refractivity contribution >= 4 is 22.0 Å². The van der Waals surface area contributed by atoms with Gasteiger partial charge in [-0.05, 0) is 24.1 Å². The molecule has 1 aromatic rings. The number of rotatable bonds is 0. The van der Waals surface area contributed by atoms with E-state index in [9.17, 15) is 4.79 Å². The minimum Gasteiger partial charge on any atom is -0.210 e. The van der Waals surface area contributed by atoms with Crippen LogP contribution in [0.25, 0.3) is 0 Å². The van der Waals surface area contributed by atoms with E-state index in [0.29, 0.717) is 0 Å². The van der Waals surface area contributed by atoms with Crippen LogP contribution < -0.4 is 0 Å². The van der Waals surface area contributed by atoms with E-state index in [-0.39, 0.29) is 0 Å². The summed E-state index contributed by atoms with van der Waals surface area (Å²) >= 11 is 3.30. The SMILES string of the molecule is O=C=NC#Cc1cccc(Br)c1. The molecule has 1 rings (SSSR count). The predicted octanol–water partition coefficient (Wildman–Crippen LogP) is 2.09. The molecular formula is C9H4BrNO. The molecule has 12 heavy (non-hydrogen) atoms. The number of hydrogen-bond acceptors (Lipinski definition) is 2. The van der Waals surface area contributed by atoms with Crippen molar-refractivity contribution in [3.63, 3.8) is 0 Å². The lowest BCUT2D eigenvalue weighted by atomic mass is 10.2. The molecule has 0 saturated carbocycles. The lowest BCUT2D eigenvalue weighted by molar-refractivity contribution is 0.565. The normalized spacial score (nSPS) is 7.75. The van der Waals surface area contributed by atoms with E-state index in [1.807, 2.05) is 24.3 Å². The number of hydrogen-bond donors (Lipinski definition) is 0. The Bertz CT molecular complexity index is 383. The van der Waals surface area contributed by atoms with E-state index >= 15 is 0 Å². The van der Waals surface area contributed by atoms with Gasteiger partial charge in [-0.15, -0.1) is 4.99 Å². The molecule has 0 fully saturated rings. The molecule has 0 aliphatic rings. The van der Waals surface area contributed by atoms with E-state index in [1.54, 1.807) is 0 Å². The topological polar surface area (TPSA) is 29.4 Å². The van der Waals surface area contributed by atoms with E-state index < -0.39 is 0 Å². The van der Waals surface area contributed by atoms with Gasteiger partial charge in [0.1, 0.15) is 0 Å². The average Bonchev–Trinajstić information content (AvgIpc) is 2.05. The van der Waals surface area contributed by atoms with Gasteiger partial charge in [0.05, 0.1) is 6.04 Å². The van der Waals surface area contributed by atoms with Crippen LogP contribution in [-0.2, 0) is 4.79 Å². The van der Waals surface area contributed by atoms with Crippen LogP contribution >= 0.6 is 15.9 Å². The first kappa shape index (κ1) is 8.73. The van der Waals surface area contributed by atoms with Crippen molar-refractivity contribution < 1.29 is 4.79 Å². The highest BCUT2D eigenvalue weighted by molar-refractivity contribution is 9.10. The first-order chi connectivity index (χ1) is 5.83. The Balaban J connectivity index is 2.92. The van der Waals surface area contributed by atoms with Gasteiger partial charge in [-0.2, -0.15) is 0 Å². The van der Waals surface area contributed by atoms with Crippen LogP contribution in [0.15, 0.2) is 33.7 Å². The molecule has 0 N–H and O–H groups in total. The van der Waals surface area contributed by atoms with Crippen molar-refractivity contribution in [2.75, 3.05) is 0 Å². The fourth-order valence-corrected chi connectivity index (χ4v) is 1.08. The number of aliphatic imine (C=N–C) groups is 1. The highest BCUT2D eigenvalue weighted by Crippen LogP contribution is 2.10. The van der Waals surface area contributed by atoms with E-state index in [0.717, 1.165) is 10.0 Å². The Morgan fingerprint density at radius 3 is 2.92 bits per heavy atom. The quantitative estimate of drug-likeness (QED) is 0.375. The Morgan fingerprint density at radius 1 is 1.42 bits per heavy atom. The molecule has 0 atom stereocenters. The van der Waals surface area contributed by atoms with Gasteiger partial charge < -0.3 is 0 Å². The van der Waals surface area contributed by atoms with Crippen LogP contribution in [0.2, 0.25) is 0 Å². The molecule has 0 heterocycles. The summed E-state index contributed by atoms with van der Waals surface area (Å²) in [5.41, 5.74) is 0.809. The van der Waals surface area contributed by atoms with Gasteiger partial charge in [0.2, 0.25) is 6.08 Å². The first-order valence-electron chi connectivity index (χ1n) is 3.16. The zero-order valence-corrected chi connectivity index (χ0v) is 7.63. The Kier molecular flexibility index (Phi) is 3.28. The highest BCUT2D eigenvalue weighted by Gasteiger charge is 1.86. The molecule has 0 saturated heterocycles. The summed E-state index contributed by atoms with van der Waals surface area (Å²) in [4.78, 5) is 12.8. The molecule has 58 valence electrons. The number of isocyanates is 1. The maximum Gasteiger partial charge on any atom is 0.249 e. The first-order valence-corrected chi connectivity index (χ1v) is 3.95. The van der Waals surface area contributed by atoms with Crippen LogP contribution in [0.3, 0.4) is 0 Å². The molecule has 3 heteroatoms. The van der Waals surface area contributed by atoms with E-state index in [4.69, 9.17) is 0 Å². The summed E-state index contributed by atoms with van der Waals surface area (Å²) < 4.78 is 0.949. The van der Waals surface area contributed by atoms with Crippen molar-refractivity contribution in [2.45, 2.75) is 0 Å². The average molecular weight is 222 g/mol. The van der Waals surface area contributed by atoms with Crippen molar-refractivity contribution in [3.05, 3.63) is 34.3 Å². The van der Waals surface area contributed by atoms with Crippen molar-refractivity contribution in [2.24, 2.45) is 4.99 Å². The second-order valence-corrected chi connectivity index (χ2v) is 2.87. The molecule has 0 unspecified atom stereocenters. The summed E-state index contributed by atoms with van der Waals surface area (Å²) in [6.45, 7) is 0. The van der Waals surface area contributed by atoms with Gasteiger partial charge in [-0.1, -0.05) is 22.0 Å². The summed E-state index contributed by atoms with van der Waals surface area (Å²) in [5.74, 6) is 2.68. The smallest absolute Gasteiger partial charge is 0.210 e. The fraction of sp³-hybridized carbons (Fsp3) is 0. The second kappa shape index (κ2) is 4.50. The number of carbonyl (C=O) groups excluding carboxylic acids is 1. The summed E-state index contributed by atoms with van der Waals surface area (Å²) in [5, 5.41) is 0. The number of halogens is 1. The zero-order valence-electron chi connectivity index (χ0n) is 6.04. The third kappa shape index (κ3) is 2.71. The van der Waals surface area contributed by atoms with Gasteiger partial charge in [0.25, 0.3) is 0 Å².